The molecule has 0 aliphatic carbocycles. The minimum Gasteiger partial charge on any atom is -0.343 e. The summed E-state index contributed by atoms with van der Waals surface area (Å²) in [6.45, 7) is 0. The highest BCUT2D eigenvalue weighted by Crippen LogP contribution is 1.93. The fourth-order valence-electron chi connectivity index (χ4n) is 0.779. The van der Waals surface area contributed by atoms with Crippen molar-refractivity contribution < 1.29 is 17.8 Å². The molecule has 1 amide bonds. The van der Waals surface area contributed by atoms with E-state index >= 15 is 0 Å². The number of nitrogens with two attached hydrogens (primary N) is 1. The fourth-order valence-corrected chi connectivity index (χ4v) is 1.30. The molecule has 0 fully saturated rings. The number of carbonyl (C=O) groups excluding carboxylic acids is 1. The SMILES string of the molecule is NC1(NS(=O)(=O)O)NC=CC(=O)N1. The van der Waals surface area contributed by atoms with Crippen LogP contribution in [-0.4, -0.2) is 24.8 Å². The molecule has 1 aliphatic heterocycles. The lowest BCUT2D eigenvalue weighted by Gasteiger charge is -2.31. The molecule has 1 heterocycles. The number of hydrogen-bond donors (Lipinski definition) is 5. The van der Waals surface area contributed by atoms with Gasteiger partial charge in [-0.05, 0) is 0 Å². The van der Waals surface area contributed by atoms with Crippen LogP contribution < -0.4 is 21.1 Å². The van der Waals surface area contributed by atoms with E-state index in [1.807, 2.05) is 5.32 Å². The molecule has 1 unspecified atom stereocenters. The maximum Gasteiger partial charge on any atom is 0.337 e. The smallest absolute Gasteiger partial charge is 0.337 e. The number of hydrogen-bond acceptors (Lipinski definition) is 5. The van der Waals surface area contributed by atoms with E-state index in [0.717, 1.165) is 12.3 Å². The molecule has 0 aromatic rings. The molecule has 8 nitrogen and oxygen atoms in total. The van der Waals surface area contributed by atoms with E-state index in [2.05, 4.69) is 5.32 Å². The molecule has 6 N–H and O–H groups in total. The number of rotatable bonds is 2. The van der Waals surface area contributed by atoms with Crippen LogP contribution in [0.5, 0.6) is 0 Å². The van der Waals surface area contributed by atoms with Crippen LogP contribution in [0.3, 0.4) is 0 Å². The molecule has 0 aromatic heterocycles. The molecule has 0 spiro atoms. The predicted octanol–water partition coefficient (Wildman–Crippen LogP) is -2.82. The Balaban J connectivity index is 2.79. The van der Waals surface area contributed by atoms with Crippen molar-refractivity contribution in [1.29, 1.82) is 0 Å². The maximum absolute atomic E-state index is 10.7. The van der Waals surface area contributed by atoms with E-state index in [-0.39, 0.29) is 0 Å². The summed E-state index contributed by atoms with van der Waals surface area (Å²) < 4.78 is 30.7. The number of nitrogens with one attached hydrogen (secondary N) is 3. The first-order valence-corrected chi connectivity index (χ1v) is 4.56. The van der Waals surface area contributed by atoms with Crippen LogP contribution >= 0.6 is 0 Å². The van der Waals surface area contributed by atoms with Crippen LogP contribution in [0.25, 0.3) is 0 Å². The van der Waals surface area contributed by atoms with Gasteiger partial charge in [0.1, 0.15) is 0 Å². The maximum atomic E-state index is 10.7. The van der Waals surface area contributed by atoms with Gasteiger partial charge < -0.3 is 10.6 Å². The second-order valence-corrected chi connectivity index (χ2v) is 3.51. The minimum absolute atomic E-state index is 0.586. The zero-order valence-electron chi connectivity index (χ0n) is 6.31. The predicted molar refractivity (Wildman–Crippen MR) is 42.0 cm³/mol. The first kappa shape index (κ1) is 9.92. The quantitative estimate of drug-likeness (QED) is 0.245. The number of amides is 1. The molecule has 9 heteroatoms. The Kier molecular flexibility index (Phi) is 2.26. The third-order valence-electron chi connectivity index (χ3n) is 1.16. The van der Waals surface area contributed by atoms with Gasteiger partial charge in [-0.1, -0.05) is 0 Å². The van der Waals surface area contributed by atoms with Gasteiger partial charge in [-0.15, -0.1) is 4.72 Å². The van der Waals surface area contributed by atoms with Crippen molar-refractivity contribution in [2.24, 2.45) is 5.73 Å². The molecule has 1 atom stereocenters. The summed E-state index contributed by atoms with van der Waals surface area (Å²) in [4.78, 5) is 10.7. The van der Waals surface area contributed by atoms with Crippen molar-refractivity contribution in [3.8, 4) is 0 Å². The van der Waals surface area contributed by atoms with Gasteiger partial charge in [-0.2, -0.15) is 8.42 Å². The zero-order chi connectivity index (χ0) is 10.1. The van der Waals surface area contributed by atoms with Crippen LogP contribution in [0.1, 0.15) is 0 Å². The van der Waals surface area contributed by atoms with E-state index in [9.17, 15) is 13.2 Å². The highest BCUT2D eigenvalue weighted by Gasteiger charge is 2.31. The Labute approximate surface area is 74.1 Å². The fraction of sp³-hybridized carbons (Fsp3) is 0.250. The van der Waals surface area contributed by atoms with Gasteiger partial charge in [0.2, 0.25) is 11.8 Å². The van der Waals surface area contributed by atoms with Crippen LogP contribution in [0.2, 0.25) is 0 Å². The van der Waals surface area contributed by atoms with Crippen molar-refractivity contribution in [2.75, 3.05) is 0 Å². The highest BCUT2D eigenvalue weighted by atomic mass is 32.2. The Morgan fingerprint density at radius 2 is 2.23 bits per heavy atom. The number of carbonyl (C=O) groups is 1. The Hall–Kier alpha value is -1.16. The van der Waals surface area contributed by atoms with Crippen LogP contribution in [-0.2, 0) is 15.1 Å². The van der Waals surface area contributed by atoms with Gasteiger partial charge in [0.05, 0.1) is 0 Å². The lowest BCUT2D eigenvalue weighted by molar-refractivity contribution is -0.119. The van der Waals surface area contributed by atoms with Crippen molar-refractivity contribution in [2.45, 2.75) is 5.91 Å². The summed E-state index contributed by atoms with van der Waals surface area (Å²) in [6, 6.07) is 0. The molecule has 1 aliphatic rings. The topological polar surface area (TPSA) is 134 Å². The summed E-state index contributed by atoms with van der Waals surface area (Å²) in [5.74, 6) is -2.48. The summed E-state index contributed by atoms with van der Waals surface area (Å²) in [5.41, 5.74) is 5.29. The molecular formula is C4H8N4O4S. The van der Waals surface area contributed by atoms with Crippen molar-refractivity contribution in [1.82, 2.24) is 15.4 Å². The molecule has 13 heavy (non-hydrogen) atoms. The van der Waals surface area contributed by atoms with Gasteiger partial charge in [-0.3, -0.25) is 15.1 Å². The average Bonchev–Trinajstić information content (AvgIpc) is 1.79. The van der Waals surface area contributed by atoms with Gasteiger partial charge in [0.15, 0.2) is 0 Å². The first-order chi connectivity index (χ1) is 5.81. The van der Waals surface area contributed by atoms with Gasteiger partial charge in [0, 0.05) is 12.3 Å². The summed E-state index contributed by atoms with van der Waals surface area (Å²) in [7, 11) is -4.49. The molecule has 0 aromatic carbocycles. The molecule has 1 rings (SSSR count). The molecule has 0 saturated carbocycles. The van der Waals surface area contributed by atoms with Gasteiger partial charge >= 0.3 is 10.3 Å². The van der Waals surface area contributed by atoms with Gasteiger partial charge in [0.25, 0.3) is 0 Å². The van der Waals surface area contributed by atoms with Gasteiger partial charge in [-0.25, -0.2) is 0 Å². The van der Waals surface area contributed by atoms with E-state index in [1.165, 1.54) is 0 Å². The molecule has 0 radical (unpaired) electrons. The molecular weight excluding hydrogens is 200 g/mol. The minimum atomic E-state index is -4.49. The van der Waals surface area contributed by atoms with Crippen LogP contribution in [0.4, 0.5) is 0 Å². The second kappa shape index (κ2) is 2.96. The van der Waals surface area contributed by atoms with E-state index < -0.39 is 22.1 Å². The normalized spacial score (nSPS) is 28.0. The van der Waals surface area contributed by atoms with E-state index in [0.29, 0.717) is 0 Å². The lowest BCUT2D eigenvalue weighted by atomic mass is 10.4. The first-order valence-electron chi connectivity index (χ1n) is 3.12. The van der Waals surface area contributed by atoms with E-state index in [1.54, 1.807) is 4.72 Å². The Morgan fingerprint density at radius 1 is 1.62 bits per heavy atom. The highest BCUT2D eigenvalue weighted by molar-refractivity contribution is 7.83. The Morgan fingerprint density at radius 3 is 2.69 bits per heavy atom. The molecule has 0 saturated heterocycles. The molecule has 74 valence electrons. The van der Waals surface area contributed by atoms with Crippen molar-refractivity contribution in [3.63, 3.8) is 0 Å². The molecule has 0 bridgehead atoms. The average molecular weight is 208 g/mol. The van der Waals surface area contributed by atoms with Crippen LogP contribution in [0, 0.1) is 0 Å². The second-order valence-electron chi connectivity index (χ2n) is 2.35. The summed E-state index contributed by atoms with van der Waals surface area (Å²) in [6.07, 6.45) is 2.26. The monoisotopic (exact) mass is 208 g/mol. The van der Waals surface area contributed by atoms with E-state index in [4.69, 9.17) is 10.3 Å². The Bertz CT molecular complexity index is 349. The lowest BCUT2D eigenvalue weighted by Crippen LogP contribution is -2.74. The largest absolute Gasteiger partial charge is 0.343 e. The third-order valence-corrected chi connectivity index (χ3v) is 1.74. The van der Waals surface area contributed by atoms with Crippen LogP contribution in [0.15, 0.2) is 12.3 Å². The van der Waals surface area contributed by atoms with Crippen molar-refractivity contribution >= 4 is 16.2 Å². The zero-order valence-corrected chi connectivity index (χ0v) is 7.13. The van der Waals surface area contributed by atoms with Crippen molar-refractivity contribution in [3.05, 3.63) is 12.3 Å². The summed E-state index contributed by atoms with van der Waals surface area (Å²) in [5, 5.41) is 4.34. The third kappa shape index (κ3) is 2.99. The summed E-state index contributed by atoms with van der Waals surface area (Å²) >= 11 is 0. The standard InChI is InChI=1S/C4H8N4O4S/c5-4(8-13(10,11)12)6-2-1-3(9)7-4/h1-2,6,8H,5H2,(H,7,9)(H,10,11,12).